The van der Waals surface area contributed by atoms with E-state index in [9.17, 15) is 5.11 Å². The normalized spacial score (nSPS) is 12.9. The SMILES string of the molecule is COC(CC(O)SC(c1ccccc1)(c1ccccc1)c1ccccc1)OC. The van der Waals surface area contributed by atoms with Gasteiger partial charge in [0.25, 0.3) is 0 Å². The molecule has 1 N–H and O–H groups in total. The zero-order chi connectivity index (χ0) is 19.8. The second-order valence-electron chi connectivity index (χ2n) is 6.49. The van der Waals surface area contributed by atoms with Gasteiger partial charge in [-0.2, -0.15) is 0 Å². The molecule has 0 amide bonds. The highest BCUT2D eigenvalue weighted by molar-refractivity contribution is 8.01. The van der Waals surface area contributed by atoms with Crippen LogP contribution in [-0.2, 0) is 14.2 Å². The highest BCUT2D eigenvalue weighted by atomic mass is 32.2. The zero-order valence-electron chi connectivity index (χ0n) is 16.2. The summed E-state index contributed by atoms with van der Waals surface area (Å²) in [6.45, 7) is 0. The van der Waals surface area contributed by atoms with Crippen molar-refractivity contribution in [2.45, 2.75) is 22.9 Å². The van der Waals surface area contributed by atoms with E-state index in [1.807, 2.05) is 54.6 Å². The molecule has 0 aliphatic rings. The molecule has 0 saturated carbocycles. The first-order valence-electron chi connectivity index (χ1n) is 9.28. The first kappa shape index (κ1) is 20.6. The van der Waals surface area contributed by atoms with Crippen LogP contribution in [0.5, 0.6) is 0 Å². The Morgan fingerprint density at radius 3 is 1.39 bits per heavy atom. The summed E-state index contributed by atoms with van der Waals surface area (Å²) < 4.78 is 10.1. The highest BCUT2D eigenvalue weighted by Gasteiger charge is 2.39. The van der Waals surface area contributed by atoms with Crippen molar-refractivity contribution in [3.63, 3.8) is 0 Å². The fraction of sp³-hybridized carbons (Fsp3) is 0.250. The summed E-state index contributed by atoms with van der Waals surface area (Å²) in [4.78, 5) is 0. The first-order chi connectivity index (χ1) is 13.7. The average molecular weight is 395 g/mol. The quantitative estimate of drug-likeness (QED) is 0.408. The number of hydrogen-bond donors (Lipinski definition) is 1. The lowest BCUT2D eigenvalue weighted by molar-refractivity contribution is -0.114. The van der Waals surface area contributed by atoms with E-state index < -0.39 is 16.5 Å². The minimum absolute atomic E-state index is 0.367. The minimum atomic E-state index is -0.689. The maximum absolute atomic E-state index is 11.0. The predicted octanol–water partition coefficient (Wildman–Crippen LogP) is 5.04. The number of rotatable bonds is 9. The Hall–Kier alpha value is -2.11. The predicted molar refractivity (Wildman–Crippen MR) is 115 cm³/mol. The molecule has 0 bridgehead atoms. The summed E-state index contributed by atoms with van der Waals surface area (Å²) >= 11 is 1.51. The van der Waals surface area contributed by atoms with Crippen LogP contribution >= 0.6 is 11.8 Å². The van der Waals surface area contributed by atoms with Gasteiger partial charge in [0.15, 0.2) is 6.29 Å². The number of hydrogen-bond acceptors (Lipinski definition) is 4. The Bertz CT molecular complexity index is 724. The van der Waals surface area contributed by atoms with E-state index in [1.165, 1.54) is 11.8 Å². The maximum Gasteiger partial charge on any atom is 0.160 e. The summed E-state index contributed by atoms with van der Waals surface area (Å²) in [5.41, 5.74) is 2.65. The molecule has 3 aromatic carbocycles. The van der Waals surface area contributed by atoms with Crippen molar-refractivity contribution < 1.29 is 14.6 Å². The van der Waals surface area contributed by atoms with Gasteiger partial charge in [-0.3, -0.25) is 0 Å². The second kappa shape index (κ2) is 9.89. The summed E-state index contributed by atoms with van der Waals surface area (Å²) in [6.07, 6.45) is -0.0890. The molecule has 0 saturated heterocycles. The van der Waals surface area contributed by atoms with Crippen molar-refractivity contribution in [3.05, 3.63) is 108 Å². The lowest BCUT2D eigenvalue weighted by Crippen LogP contribution is -2.30. The molecule has 1 atom stereocenters. The largest absolute Gasteiger partial charge is 0.382 e. The van der Waals surface area contributed by atoms with Crippen molar-refractivity contribution in [2.24, 2.45) is 0 Å². The average Bonchev–Trinajstić information content (AvgIpc) is 2.77. The molecule has 0 spiro atoms. The summed E-state index contributed by atoms with van der Waals surface area (Å²) in [6, 6.07) is 30.9. The van der Waals surface area contributed by atoms with Gasteiger partial charge in [-0.25, -0.2) is 0 Å². The van der Waals surface area contributed by atoms with Gasteiger partial charge < -0.3 is 14.6 Å². The van der Waals surface area contributed by atoms with E-state index in [2.05, 4.69) is 36.4 Å². The third-order valence-corrected chi connectivity index (χ3v) is 6.30. The van der Waals surface area contributed by atoms with Crippen molar-refractivity contribution in [3.8, 4) is 0 Å². The molecule has 0 heterocycles. The monoisotopic (exact) mass is 394 g/mol. The minimum Gasteiger partial charge on any atom is -0.382 e. The lowest BCUT2D eigenvalue weighted by Gasteiger charge is -2.37. The number of methoxy groups -OCH3 is 2. The van der Waals surface area contributed by atoms with Crippen molar-refractivity contribution in [1.82, 2.24) is 0 Å². The molecule has 0 radical (unpaired) electrons. The smallest absolute Gasteiger partial charge is 0.160 e. The highest BCUT2D eigenvalue weighted by Crippen LogP contribution is 2.50. The molecule has 0 aliphatic heterocycles. The number of benzene rings is 3. The van der Waals surface area contributed by atoms with Crippen LogP contribution in [-0.4, -0.2) is 31.1 Å². The van der Waals surface area contributed by atoms with Crippen molar-refractivity contribution in [2.75, 3.05) is 14.2 Å². The number of ether oxygens (including phenoxy) is 2. The lowest BCUT2D eigenvalue weighted by atomic mass is 9.84. The molecule has 146 valence electrons. The third-order valence-electron chi connectivity index (χ3n) is 4.77. The van der Waals surface area contributed by atoms with Gasteiger partial charge in [0.05, 0.1) is 4.75 Å². The molecular formula is C24H26O3S. The summed E-state index contributed by atoms with van der Waals surface area (Å²) in [7, 11) is 3.18. The van der Waals surface area contributed by atoms with Crippen LogP contribution in [0.3, 0.4) is 0 Å². The Labute approximate surface area is 171 Å². The maximum atomic E-state index is 11.0. The molecule has 3 aromatic rings. The fourth-order valence-electron chi connectivity index (χ4n) is 3.43. The van der Waals surface area contributed by atoms with Crippen LogP contribution in [0.25, 0.3) is 0 Å². The van der Waals surface area contributed by atoms with Gasteiger partial charge in [-0.15, -0.1) is 11.8 Å². The molecule has 0 aromatic heterocycles. The number of aliphatic hydroxyl groups is 1. The van der Waals surface area contributed by atoms with Gasteiger partial charge in [-0.05, 0) is 16.7 Å². The first-order valence-corrected chi connectivity index (χ1v) is 10.2. The van der Waals surface area contributed by atoms with Crippen LogP contribution in [0.2, 0.25) is 0 Å². The van der Waals surface area contributed by atoms with Gasteiger partial charge in [0.2, 0.25) is 0 Å². The standard InChI is InChI=1S/C24H26O3S/c1-26-23(27-2)18-22(25)28-24(19-12-6-3-7-13-19,20-14-8-4-9-15-20)21-16-10-5-11-17-21/h3-17,22-23,25H,18H2,1-2H3. The molecule has 1 unspecified atom stereocenters. The van der Waals surface area contributed by atoms with Gasteiger partial charge in [0, 0.05) is 20.6 Å². The molecule has 3 nitrogen and oxygen atoms in total. The van der Waals surface area contributed by atoms with Crippen LogP contribution in [0.1, 0.15) is 23.1 Å². The third kappa shape index (κ3) is 4.47. The molecule has 0 aliphatic carbocycles. The van der Waals surface area contributed by atoms with Crippen molar-refractivity contribution >= 4 is 11.8 Å². The zero-order valence-corrected chi connectivity index (χ0v) is 17.0. The Kier molecular flexibility index (Phi) is 7.29. The molecule has 0 fully saturated rings. The Morgan fingerprint density at radius 2 is 1.07 bits per heavy atom. The number of thioether (sulfide) groups is 1. The summed E-state index contributed by atoms with van der Waals surface area (Å²) in [5.74, 6) is 0. The van der Waals surface area contributed by atoms with Crippen LogP contribution < -0.4 is 0 Å². The molecular weight excluding hydrogens is 368 g/mol. The van der Waals surface area contributed by atoms with Gasteiger partial charge in [-0.1, -0.05) is 91.0 Å². The van der Waals surface area contributed by atoms with Crippen LogP contribution in [0, 0.1) is 0 Å². The summed E-state index contributed by atoms with van der Waals surface area (Å²) in [5, 5.41) is 11.0. The van der Waals surface area contributed by atoms with Gasteiger partial charge >= 0.3 is 0 Å². The van der Waals surface area contributed by atoms with E-state index in [-0.39, 0.29) is 0 Å². The van der Waals surface area contributed by atoms with E-state index in [0.29, 0.717) is 6.42 Å². The van der Waals surface area contributed by atoms with Crippen LogP contribution in [0.4, 0.5) is 0 Å². The van der Waals surface area contributed by atoms with Crippen LogP contribution in [0.15, 0.2) is 91.0 Å². The Morgan fingerprint density at radius 1 is 0.714 bits per heavy atom. The fourth-order valence-corrected chi connectivity index (χ4v) is 4.91. The van der Waals surface area contributed by atoms with Gasteiger partial charge in [0.1, 0.15) is 5.44 Å². The van der Waals surface area contributed by atoms with E-state index in [1.54, 1.807) is 14.2 Å². The second-order valence-corrected chi connectivity index (χ2v) is 7.88. The number of aliphatic hydroxyl groups excluding tert-OH is 1. The molecule has 4 heteroatoms. The van der Waals surface area contributed by atoms with E-state index >= 15 is 0 Å². The molecule has 28 heavy (non-hydrogen) atoms. The van der Waals surface area contributed by atoms with E-state index in [0.717, 1.165) is 16.7 Å². The molecule has 3 rings (SSSR count). The van der Waals surface area contributed by atoms with Crippen molar-refractivity contribution in [1.29, 1.82) is 0 Å². The topological polar surface area (TPSA) is 38.7 Å². The Balaban J connectivity index is 2.14. The van der Waals surface area contributed by atoms with E-state index in [4.69, 9.17) is 9.47 Å².